The van der Waals surface area contributed by atoms with Crippen LogP contribution in [0.1, 0.15) is 27.0 Å². The molecule has 7 nitrogen and oxygen atoms in total. The van der Waals surface area contributed by atoms with Crippen molar-refractivity contribution in [3.63, 3.8) is 0 Å². The Bertz CT molecular complexity index is 1410. The maximum Gasteiger partial charge on any atom is 0.343 e. The van der Waals surface area contributed by atoms with E-state index in [9.17, 15) is 9.59 Å². The molecule has 0 unspecified atom stereocenters. The fourth-order valence-corrected chi connectivity index (χ4v) is 3.67. The highest BCUT2D eigenvalue weighted by atomic mass is 79.9. The maximum atomic E-state index is 12.5. The number of hydrogen-bond acceptors (Lipinski definition) is 6. The van der Waals surface area contributed by atoms with Crippen LogP contribution in [0.15, 0.2) is 107 Å². The monoisotopic (exact) mass is 572 g/mol. The van der Waals surface area contributed by atoms with Gasteiger partial charge in [-0.25, -0.2) is 10.2 Å². The molecule has 0 bridgehead atoms. The number of hydrazone groups is 1. The molecule has 4 aromatic rings. The summed E-state index contributed by atoms with van der Waals surface area (Å²) in [5, 5.41) is 3.98. The van der Waals surface area contributed by atoms with Crippen molar-refractivity contribution in [1.82, 2.24) is 5.43 Å². The second-order valence-electron chi connectivity index (χ2n) is 8.27. The van der Waals surface area contributed by atoms with E-state index in [0.717, 1.165) is 15.6 Å². The molecule has 0 saturated carbocycles. The Morgan fingerprint density at radius 2 is 1.55 bits per heavy atom. The molecule has 0 aliphatic rings. The number of ether oxygens (including phenoxy) is 3. The first-order valence-electron chi connectivity index (χ1n) is 11.8. The summed E-state index contributed by atoms with van der Waals surface area (Å²) in [7, 11) is 0. The quantitative estimate of drug-likeness (QED) is 0.108. The highest BCUT2D eigenvalue weighted by molar-refractivity contribution is 9.10. The van der Waals surface area contributed by atoms with Crippen LogP contribution in [0.4, 0.5) is 0 Å². The number of carbonyl (C=O) groups excluding carboxylic acids is 2. The number of halogens is 1. The molecule has 0 atom stereocenters. The van der Waals surface area contributed by atoms with Gasteiger partial charge in [-0.15, -0.1) is 0 Å². The molecule has 0 spiro atoms. The van der Waals surface area contributed by atoms with Crippen LogP contribution >= 0.6 is 15.9 Å². The van der Waals surface area contributed by atoms with E-state index in [2.05, 4.69) is 26.5 Å². The van der Waals surface area contributed by atoms with Gasteiger partial charge in [-0.05, 0) is 67.1 Å². The highest BCUT2D eigenvalue weighted by Crippen LogP contribution is 2.23. The first-order chi connectivity index (χ1) is 18.5. The predicted molar refractivity (Wildman–Crippen MR) is 149 cm³/mol. The normalized spacial score (nSPS) is 10.7. The molecule has 38 heavy (non-hydrogen) atoms. The minimum absolute atomic E-state index is 0.227. The van der Waals surface area contributed by atoms with Crippen molar-refractivity contribution in [1.29, 1.82) is 0 Å². The van der Waals surface area contributed by atoms with E-state index in [1.54, 1.807) is 54.6 Å². The third-order valence-electron chi connectivity index (χ3n) is 5.30. The number of nitrogens with zero attached hydrogens (tertiary/aromatic N) is 1. The molecule has 0 saturated heterocycles. The first kappa shape index (κ1) is 26.6. The van der Waals surface area contributed by atoms with E-state index in [4.69, 9.17) is 14.2 Å². The number of aryl methyl sites for hydroxylation is 1. The molecule has 1 N–H and O–H groups in total. The van der Waals surface area contributed by atoms with Crippen LogP contribution in [0, 0.1) is 6.92 Å². The fraction of sp³-hybridized carbons (Fsp3) is 0.100. The average molecular weight is 573 g/mol. The van der Waals surface area contributed by atoms with Gasteiger partial charge in [-0.2, -0.15) is 5.10 Å². The smallest absolute Gasteiger partial charge is 0.343 e. The topological polar surface area (TPSA) is 86.2 Å². The lowest BCUT2D eigenvalue weighted by Crippen LogP contribution is -2.24. The van der Waals surface area contributed by atoms with Gasteiger partial charge in [-0.3, -0.25) is 4.79 Å². The van der Waals surface area contributed by atoms with Gasteiger partial charge in [0.05, 0.1) is 11.8 Å². The lowest BCUT2D eigenvalue weighted by atomic mass is 10.1. The predicted octanol–water partition coefficient (Wildman–Crippen LogP) is 6.08. The van der Waals surface area contributed by atoms with Crippen LogP contribution in [0.25, 0.3) is 0 Å². The van der Waals surface area contributed by atoms with Crippen LogP contribution in [-0.4, -0.2) is 24.7 Å². The largest absolute Gasteiger partial charge is 0.489 e. The second-order valence-corrected chi connectivity index (χ2v) is 9.18. The summed E-state index contributed by atoms with van der Waals surface area (Å²) in [5.74, 6) is 0.592. The van der Waals surface area contributed by atoms with E-state index in [0.29, 0.717) is 35.0 Å². The SMILES string of the molecule is Cc1ccc(C(=O)Oc2ccc(Br)cc2/C=N\NC(=O)COc2ccc(OCc3ccccc3)cc2)cc1. The minimum atomic E-state index is -0.490. The maximum absolute atomic E-state index is 12.5. The fourth-order valence-electron chi connectivity index (χ4n) is 3.29. The Balaban J connectivity index is 1.27. The van der Waals surface area contributed by atoms with Crippen molar-refractivity contribution in [3.8, 4) is 17.2 Å². The Kier molecular flexibility index (Phi) is 9.26. The van der Waals surface area contributed by atoms with Crippen molar-refractivity contribution in [2.24, 2.45) is 5.10 Å². The Labute approximate surface area is 229 Å². The van der Waals surface area contributed by atoms with Crippen LogP contribution in [0.3, 0.4) is 0 Å². The van der Waals surface area contributed by atoms with Crippen LogP contribution < -0.4 is 19.6 Å². The highest BCUT2D eigenvalue weighted by Gasteiger charge is 2.12. The van der Waals surface area contributed by atoms with Gasteiger partial charge in [0.1, 0.15) is 23.9 Å². The van der Waals surface area contributed by atoms with E-state index in [1.165, 1.54) is 6.21 Å². The van der Waals surface area contributed by atoms with E-state index in [-0.39, 0.29) is 6.61 Å². The molecule has 192 valence electrons. The molecule has 0 heterocycles. The van der Waals surface area contributed by atoms with Crippen molar-refractivity contribution in [3.05, 3.63) is 124 Å². The zero-order chi connectivity index (χ0) is 26.7. The summed E-state index contributed by atoms with van der Waals surface area (Å²) in [6.45, 7) is 2.18. The number of amides is 1. The molecule has 4 aromatic carbocycles. The average Bonchev–Trinajstić information content (AvgIpc) is 2.93. The van der Waals surface area contributed by atoms with Gasteiger partial charge in [0.2, 0.25) is 0 Å². The second kappa shape index (κ2) is 13.2. The van der Waals surface area contributed by atoms with Gasteiger partial charge in [-0.1, -0.05) is 64.0 Å². The standard InChI is InChI=1S/C30H25BrN2O5/c1-21-7-9-23(10-8-21)30(35)38-28-16-11-25(31)17-24(28)18-32-33-29(34)20-37-27-14-12-26(13-15-27)36-19-22-5-3-2-4-6-22/h2-18H,19-20H2,1H3,(H,33,34)/b32-18-. The zero-order valence-electron chi connectivity index (χ0n) is 20.6. The molecule has 8 heteroatoms. The summed E-state index contributed by atoms with van der Waals surface area (Å²) in [5.41, 5.74) is 5.47. The number of carbonyl (C=O) groups is 2. The van der Waals surface area contributed by atoms with E-state index in [1.807, 2.05) is 49.4 Å². The molecule has 0 aliphatic carbocycles. The lowest BCUT2D eigenvalue weighted by Gasteiger charge is -2.09. The van der Waals surface area contributed by atoms with Crippen molar-refractivity contribution in [2.45, 2.75) is 13.5 Å². The molecule has 1 amide bonds. The molecular weight excluding hydrogens is 548 g/mol. The molecular formula is C30H25BrN2O5. The van der Waals surface area contributed by atoms with Gasteiger partial charge in [0.25, 0.3) is 5.91 Å². The first-order valence-corrected chi connectivity index (χ1v) is 12.6. The van der Waals surface area contributed by atoms with Gasteiger partial charge >= 0.3 is 5.97 Å². The van der Waals surface area contributed by atoms with Crippen molar-refractivity contribution < 1.29 is 23.8 Å². The summed E-state index contributed by atoms with van der Waals surface area (Å²) in [6.07, 6.45) is 1.40. The Hall–Kier alpha value is -4.43. The number of rotatable bonds is 10. The minimum Gasteiger partial charge on any atom is -0.489 e. The third kappa shape index (κ3) is 8.04. The molecule has 0 radical (unpaired) electrons. The summed E-state index contributed by atoms with van der Waals surface area (Å²) in [4.78, 5) is 24.7. The van der Waals surface area contributed by atoms with Crippen LogP contribution in [0.5, 0.6) is 17.2 Å². The lowest BCUT2D eigenvalue weighted by molar-refractivity contribution is -0.123. The summed E-state index contributed by atoms with van der Waals surface area (Å²) >= 11 is 3.40. The van der Waals surface area contributed by atoms with Crippen molar-refractivity contribution in [2.75, 3.05) is 6.61 Å². The third-order valence-corrected chi connectivity index (χ3v) is 5.79. The number of esters is 1. The number of benzene rings is 4. The zero-order valence-corrected chi connectivity index (χ0v) is 22.2. The van der Waals surface area contributed by atoms with Gasteiger partial charge in [0, 0.05) is 10.0 Å². The van der Waals surface area contributed by atoms with E-state index >= 15 is 0 Å². The Morgan fingerprint density at radius 3 is 2.26 bits per heavy atom. The molecule has 0 aromatic heterocycles. The molecule has 0 fully saturated rings. The van der Waals surface area contributed by atoms with Crippen molar-refractivity contribution >= 4 is 34.0 Å². The summed E-state index contributed by atoms with van der Waals surface area (Å²) in [6, 6.07) is 29.1. The molecule has 4 rings (SSSR count). The van der Waals surface area contributed by atoms with E-state index < -0.39 is 11.9 Å². The number of hydrogen-bond donors (Lipinski definition) is 1. The Morgan fingerprint density at radius 1 is 0.868 bits per heavy atom. The summed E-state index contributed by atoms with van der Waals surface area (Å²) < 4.78 is 17.6. The van der Waals surface area contributed by atoms with Crippen LogP contribution in [-0.2, 0) is 11.4 Å². The number of nitrogens with one attached hydrogen (secondary N) is 1. The van der Waals surface area contributed by atoms with Crippen LogP contribution in [0.2, 0.25) is 0 Å². The van der Waals surface area contributed by atoms with Gasteiger partial charge < -0.3 is 14.2 Å². The molecule has 0 aliphatic heterocycles. The van der Waals surface area contributed by atoms with Gasteiger partial charge in [0.15, 0.2) is 6.61 Å².